The minimum Gasteiger partial charge on any atom is -0.378 e. The SMILES string of the molecule is NC(=O)c1[nH]ncc1NCc1cccc(NC(=O)Nc2ccccc2F)c1. The number of nitrogens with one attached hydrogen (secondary N) is 4. The molecule has 0 aliphatic rings. The lowest BCUT2D eigenvalue weighted by Crippen LogP contribution is -2.20. The number of H-pyrrole nitrogens is 1. The molecule has 3 rings (SSSR count). The highest BCUT2D eigenvalue weighted by Crippen LogP contribution is 2.16. The number of carbonyl (C=O) groups excluding carboxylic acids is 2. The Labute approximate surface area is 154 Å². The molecule has 0 radical (unpaired) electrons. The fraction of sp³-hybridized carbons (Fsp3) is 0.0556. The van der Waals surface area contributed by atoms with Crippen LogP contribution in [-0.2, 0) is 6.54 Å². The van der Waals surface area contributed by atoms with Gasteiger partial charge in [-0.05, 0) is 29.8 Å². The number of primary amides is 1. The number of urea groups is 1. The van der Waals surface area contributed by atoms with Crippen molar-refractivity contribution >= 4 is 29.0 Å². The highest BCUT2D eigenvalue weighted by Gasteiger charge is 2.10. The van der Waals surface area contributed by atoms with Gasteiger partial charge >= 0.3 is 6.03 Å². The van der Waals surface area contributed by atoms with Crippen molar-refractivity contribution in [3.05, 3.63) is 71.8 Å². The van der Waals surface area contributed by atoms with Crippen molar-refractivity contribution in [2.45, 2.75) is 6.54 Å². The molecule has 0 aliphatic carbocycles. The van der Waals surface area contributed by atoms with E-state index in [1.54, 1.807) is 30.3 Å². The number of nitrogens with zero attached hydrogens (tertiary/aromatic N) is 1. The van der Waals surface area contributed by atoms with Gasteiger partial charge < -0.3 is 21.7 Å². The van der Waals surface area contributed by atoms with Crippen molar-refractivity contribution in [3.8, 4) is 0 Å². The monoisotopic (exact) mass is 368 g/mol. The molecule has 3 aromatic rings. The Kier molecular flexibility index (Phi) is 5.31. The lowest BCUT2D eigenvalue weighted by atomic mass is 10.2. The Morgan fingerprint density at radius 1 is 1.07 bits per heavy atom. The van der Waals surface area contributed by atoms with Crippen molar-refractivity contribution in [1.82, 2.24) is 10.2 Å². The van der Waals surface area contributed by atoms with Crippen LogP contribution in [0.5, 0.6) is 0 Å². The summed E-state index contributed by atoms with van der Waals surface area (Å²) < 4.78 is 13.6. The first-order chi connectivity index (χ1) is 13.0. The molecule has 0 bridgehead atoms. The number of aromatic nitrogens is 2. The van der Waals surface area contributed by atoms with Gasteiger partial charge in [0.1, 0.15) is 11.5 Å². The highest BCUT2D eigenvalue weighted by molar-refractivity contribution is 5.99. The quantitative estimate of drug-likeness (QED) is 0.459. The number of carbonyl (C=O) groups is 2. The summed E-state index contributed by atoms with van der Waals surface area (Å²) in [7, 11) is 0. The van der Waals surface area contributed by atoms with Gasteiger partial charge in [0.2, 0.25) is 0 Å². The average molecular weight is 368 g/mol. The molecule has 0 saturated heterocycles. The second-order valence-electron chi connectivity index (χ2n) is 5.64. The van der Waals surface area contributed by atoms with Gasteiger partial charge in [-0.25, -0.2) is 9.18 Å². The van der Waals surface area contributed by atoms with Crippen LogP contribution in [0.2, 0.25) is 0 Å². The maximum atomic E-state index is 13.6. The van der Waals surface area contributed by atoms with Crippen LogP contribution in [0.1, 0.15) is 16.1 Å². The van der Waals surface area contributed by atoms with Crippen LogP contribution in [0.15, 0.2) is 54.7 Å². The summed E-state index contributed by atoms with van der Waals surface area (Å²) >= 11 is 0. The van der Waals surface area contributed by atoms with E-state index in [0.717, 1.165) is 5.56 Å². The first-order valence-electron chi connectivity index (χ1n) is 8.01. The molecule has 0 unspecified atom stereocenters. The van der Waals surface area contributed by atoms with Gasteiger partial charge in [0.15, 0.2) is 0 Å². The number of amides is 3. The van der Waals surface area contributed by atoms with Crippen LogP contribution < -0.4 is 21.7 Å². The number of hydrogen-bond acceptors (Lipinski definition) is 4. The van der Waals surface area contributed by atoms with Crippen LogP contribution in [-0.4, -0.2) is 22.1 Å². The van der Waals surface area contributed by atoms with Gasteiger partial charge in [0.05, 0.1) is 17.6 Å². The van der Waals surface area contributed by atoms with Crippen LogP contribution >= 0.6 is 0 Å². The summed E-state index contributed by atoms with van der Waals surface area (Å²) in [5.41, 5.74) is 7.39. The smallest absolute Gasteiger partial charge is 0.323 e. The molecule has 27 heavy (non-hydrogen) atoms. The molecule has 2 aromatic carbocycles. The second kappa shape index (κ2) is 8.00. The second-order valence-corrected chi connectivity index (χ2v) is 5.64. The summed E-state index contributed by atoms with van der Waals surface area (Å²) in [4.78, 5) is 23.3. The largest absolute Gasteiger partial charge is 0.378 e. The minimum absolute atomic E-state index is 0.0896. The summed E-state index contributed by atoms with van der Waals surface area (Å²) in [6.07, 6.45) is 1.46. The first-order valence-corrected chi connectivity index (χ1v) is 8.01. The van der Waals surface area contributed by atoms with Crippen LogP contribution in [0.25, 0.3) is 0 Å². The molecule has 6 N–H and O–H groups in total. The summed E-state index contributed by atoms with van der Waals surface area (Å²) in [6.45, 7) is 0.379. The Hall–Kier alpha value is -3.88. The molecular weight excluding hydrogens is 351 g/mol. The lowest BCUT2D eigenvalue weighted by Gasteiger charge is -2.10. The van der Waals surface area contributed by atoms with Crippen molar-refractivity contribution < 1.29 is 14.0 Å². The molecular formula is C18H17FN6O2. The number of para-hydroxylation sites is 1. The van der Waals surface area contributed by atoms with Crippen molar-refractivity contribution in [2.75, 3.05) is 16.0 Å². The molecule has 0 atom stereocenters. The van der Waals surface area contributed by atoms with E-state index in [2.05, 4.69) is 26.1 Å². The van der Waals surface area contributed by atoms with Gasteiger partial charge in [0, 0.05) is 12.2 Å². The fourth-order valence-corrected chi connectivity index (χ4v) is 2.41. The Morgan fingerprint density at radius 3 is 2.67 bits per heavy atom. The normalized spacial score (nSPS) is 10.3. The maximum absolute atomic E-state index is 13.6. The Morgan fingerprint density at radius 2 is 1.89 bits per heavy atom. The van der Waals surface area contributed by atoms with E-state index in [1.807, 2.05) is 6.07 Å². The summed E-state index contributed by atoms with van der Waals surface area (Å²) in [5.74, 6) is -1.13. The van der Waals surface area contributed by atoms with Gasteiger partial charge in [-0.3, -0.25) is 9.89 Å². The van der Waals surface area contributed by atoms with Gasteiger partial charge in [-0.1, -0.05) is 24.3 Å². The number of nitrogens with two attached hydrogens (primary N) is 1. The zero-order valence-electron chi connectivity index (χ0n) is 14.1. The molecule has 138 valence electrons. The number of hydrogen-bond donors (Lipinski definition) is 5. The maximum Gasteiger partial charge on any atom is 0.323 e. The number of benzene rings is 2. The van der Waals surface area contributed by atoms with Crippen molar-refractivity contribution in [1.29, 1.82) is 0 Å². The lowest BCUT2D eigenvalue weighted by molar-refractivity contribution is 0.0996. The Bertz CT molecular complexity index is 972. The molecule has 1 heterocycles. The summed E-state index contributed by atoms with van der Waals surface area (Å²) in [5, 5.41) is 14.4. The van der Waals surface area contributed by atoms with Crippen LogP contribution in [0, 0.1) is 5.82 Å². The van der Waals surface area contributed by atoms with E-state index in [1.165, 1.54) is 18.3 Å². The molecule has 0 saturated carbocycles. The number of anilines is 3. The molecule has 0 spiro atoms. The third-order valence-corrected chi connectivity index (χ3v) is 3.68. The standard InChI is InChI=1S/C18H17FN6O2/c19-13-6-1-2-7-14(13)24-18(27)23-12-5-3-4-11(8-12)9-21-15-10-22-25-16(15)17(20)26/h1-8,10,21H,9H2,(H2,20,26)(H,22,25)(H2,23,24,27). The van der Waals surface area contributed by atoms with Crippen molar-refractivity contribution in [3.63, 3.8) is 0 Å². The fourth-order valence-electron chi connectivity index (χ4n) is 2.41. The van der Waals surface area contributed by atoms with E-state index in [0.29, 0.717) is 17.9 Å². The van der Waals surface area contributed by atoms with E-state index < -0.39 is 17.8 Å². The zero-order chi connectivity index (χ0) is 19.2. The van der Waals surface area contributed by atoms with E-state index in [4.69, 9.17) is 5.73 Å². The molecule has 0 fully saturated rings. The zero-order valence-corrected chi connectivity index (χ0v) is 14.1. The van der Waals surface area contributed by atoms with Gasteiger partial charge in [-0.2, -0.15) is 5.10 Å². The molecule has 1 aromatic heterocycles. The third-order valence-electron chi connectivity index (χ3n) is 3.68. The average Bonchev–Trinajstić information content (AvgIpc) is 3.11. The number of rotatable bonds is 6. The predicted octanol–water partition coefficient (Wildman–Crippen LogP) is 2.90. The molecule has 8 nitrogen and oxygen atoms in total. The molecule has 0 aliphatic heterocycles. The highest BCUT2D eigenvalue weighted by atomic mass is 19.1. The third kappa shape index (κ3) is 4.60. The Balaban J connectivity index is 1.61. The van der Waals surface area contributed by atoms with E-state index in [9.17, 15) is 14.0 Å². The van der Waals surface area contributed by atoms with E-state index >= 15 is 0 Å². The van der Waals surface area contributed by atoms with Crippen LogP contribution in [0.3, 0.4) is 0 Å². The van der Waals surface area contributed by atoms with Crippen molar-refractivity contribution in [2.24, 2.45) is 5.73 Å². The summed E-state index contributed by atoms with van der Waals surface area (Å²) in [6, 6.07) is 12.4. The predicted molar refractivity (Wildman–Crippen MR) is 99.9 cm³/mol. The van der Waals surface area contributed by atoms with Gasteiger partial charge in [0.25, 0.3) is 5.91 Å². The van der Waals surface area contributed by atoms with E-state index in [-0.39, 0.29) is 11.4 Å². The minimum atomic E-state index is -0.616. The molecule has 9 heteroatoms. The molecule has 3 amide bonds. The number of aromatic amines is 1. The van der Waals surface area contributed by atoms with Crippen LogP contribution in [0.4, 0.5) is 26.2 Å². The van der Waals surface area contributed by atoms with Gasteiger partial charge in [-0.15, -0.1) is 0 Å². The number of halogens is 1. The topological polar surface area (TPSA) is 125 Å². The first kappa shape index (κ1) is 17.9.